The minimum atomic E-state index is -1.74. The molecule has 1 fully saturated rings. The molecular formula is C11H18O9. The van der Waals surface area contributed by atoms with Crippen molar-refractivity contribution in [3.05, 3.63) is 12.2 Å². The standard InChI is InChI=1S/C11H18O9/c1-4(5(14)2-12)10(18)20-11-9(17)8(16)7(15)6(3-13)19-11/h5-9,11-17H,1-3H2/t5?,6-,7-,8+,9-,11-/m1/s1. The SMILES string of the molecule is C=C(C(=O)O[C@H]1O[C@H](CO)[C@@H](O)[C@H](O)[C@H]1O)C(O)CO. The lowest BCUT2D eigenvalue weighted by atomic mass is 9.99. The van der Waals surface area contributed by atoms with Crippen LogP contribution in [0.15, 0.2) is 12.2 Å². The van der Waals surface area contributed by atoms with E-state index in [4.69, 9.17) is 14.9 Å². The summed E-state index contributed by atoms with van der Waals surface area (Å²) in [6.45, 7) is 1.79. The second kappa shape index (κ2) is 7.09. The maximum Gasteiger partial charge on any atom is 0.338 e. The van der Waals surface area contributed by atoms with E-state index in [1.54, 1.807) is 0 Å². The van der Waals surface area contributed by atoms with E-state index in [9.17, 15) is 25.2 Å². The second-order valence-electron chi connectivity index (χ2n) is 4.33. The van der Waals surface area contributed by atoms with Crippen molar-refractivity contribution in [2.24, 2.45) is 0 Å². The third kappa shape index (κ3) is 3.52. The van der Waals surface area contributed by atoms with Gasteiger partial charge in [0, 0.05) is 0 Å². The van der Waals surface area contributed by atoms with Gasteiger partial charge in [-0.25, -0.2) is 4.79 Å². The molecule has 1 unspecified atom stereocenters. The van der Waals surface area contributed by atoms with Gasteiger partial charge in [0.1, 0.15) is 30.5 Å². The van der Waals surface area contributed by atoms with E-state index >= 15 is 0 Å². The van der Waals surface area contributed by atoms with Gasteiger partial charge in [0.2, 0.25) is 6.29 Å². The molecule has 116 valence electrons. The van der Waals surface area contributed by atoms with Gasteiger partial charge in [-0.1, -0.05) is 6.58 Å². The lowest BCUT2D eigenvalue weighted by Crippen LogP contribution is -2.59. The molecular weight excluding hydrogens is 276 g/mol. The van der Waals surface area contributed by atoms with Crippen LogP contribution in [-0.4, -0.2) is 86.6 Å². The van der Waals surface area contributed by atoms with Crippen molar-refractivity contribution in [1.82, 2.24) is 0 Å². The Labute approximate surface area is 114 Å². The number of rotatable bonds is 5. The summed E-state index contributed by atoms with van der Waals surface area (Å²) in [6, 6.07) is 0. The van der Waals surface area contributed by atoms with Gasteiger partial charge >= 0.3 is 5.97 Å². The summed E-state index contributed by atoms with van der Waals surface area (Å²) in [7, 11) is 0. The van der Waals surface area contributed by atoms with Crippen LogP contribution in [0.3, 0.4) is 0 Å². The van der Waals surface area contributed by atoms with E-state index in [1.165, 1.54) is 0 Å². The van der Waals surface area contributed by atoms with Crippen LogP contribution in [0.25, 0.3) is 0 Å². The van der Waals surface area contributed by atoms with Crippen LogP contribution in [0.2, 0.25) is 0 Å². The van der Waals surface area contributed by atoms with Gasteiger partial charge in [0.25, 0.3) is 0 Å². The van der Waals surface area contributed by atoms with E-state index in [1.807, 2.05) is 0 Å². The average Bonchev–Trinajstić information content (AvgIpc) is 2.45. The number of carbonyl (C=O) groups is 1. The van der Waals surface area contributed by atoms with E-state index in [2.05, 4.69) is 11.3 Å². The summed E-state index contributed by atoms with van der Waals surface area (Å²) in [4.78, 5) is 11.5. The molecule has 6 N–H and O–H groups in total. The molecule has 0 amide bonds. The molecule has 1 saturated heterocycles. The molecule has 1 aliphatic rings. The Kier molecular flexibility index (Phi) is 6.02. The molecule has 0 aliphatic carbocycles. The maximum absolute atomic E-state index is 11.5. The topological polar surface area (TPSA) is 157 Å². The predicted molar refractivity (Wildman–Crippen MR) is 62.1 cm³/mol. The number of hydrogen-bond donors (Lipinski definition) is 6. The zero-order chi connectivity index (χ0) is 15.4. The smallest absolute Gasteiger partial charge is 0.338 e. The Bertz CT molecular complexity index is 356. The molecule has 0 radical (unpaired) electrons. The fourth-order valence-electron chi connectivity index (χ4n) is 1.59. The number of ether oxygens (including phenoxy) is 2. The van der Waals surface area contributed by atoms with Gasteiger partial charge in [-0.3, -0.25) is 0 Å². The highest BCUT2D eigenvalue weighted by Gasteiger charge is 2.45. The number of aliphatic hydroxyl groups excluding tert-OH is 6. The molecule has 6 atom stereocenters. The monoisotopic (exact) mass is 294 g/mol. The highest BCUT2D eigenvalue weighted by Crippen LogP contribution is 2.22. The lowest BCUT2D eigenvalue weighted by Gasteiger charge is -2.39. The first kappa shape index (κ1) is 17.0. The van der Waals surface area contributed by atoms with Crippen LogP contribution in [0, 0.1) is 0 Å². The van der Waals surface area contributed by atoms with Gasteiger partial charge in [-0.15, -0.1) is 0 Å². The molecule has 20 heavy (non-hydrogen) atoms. The first-order chi connectivity index (χ1) is 9.33. The maximum atomic E-state index is 11.5. The zero-order valence-corrected chi connectivity index (χ0v) is 10.5. The summed E-state index contributed by atoms with van der Waals surface area (Å²) in [5.41, 5.74) is -0.468. The summed E-state index contributed by atoms with van der Waals surface area (Å²) < 4.78 is 9.60. The van der Waals surface area contributed by atoms with E-state index in [0.717, 1.165) is 0 Å². The minimum Gasteiger partial charge on any atom is -0.429 e. The summed E-state index contributed by atoms with van der Waals surface area (Å²) in [6.07, 6.45) is -9.41. The van der Waals surface area contributed by atoms with Crippen LogP contribution < -0.4 is 0 Å². The van der Waals surface area contributed by atoms with Crippen molar-refractivity contribution in [3.63, 3.8) is 0 Å². The summed E-state index contributed by atoms with van der Waals surface area (Å²) in [5, 5.41) is 55.4. The zero-order valence-electron chi connectivity index (χ0n) is 10.5. The van der Waals surface area contributed by atoms with Crippen molar-refractivity contribution in [2.45, 2.75) is 36.8 Å². The quantitative estimate of drug-likeness (QED) is 0.221. The Morgan fingerprint density at radius 1 is 1.20 bits per heavy atom. The van der Waals surface area contributed by atoms with Crippen LogP contribution in [0.4, 0.5) is 0 Å². The molecule has 9 nitrogen and oxygen atoms in total. The molecule has 0 aromatic heterocycles. The van der Waals surface area contributed by atoms with Crippen molar-refractivity contribution >= 4 is 5.97 Å². The molecule has 1 aliphatic heterocycles. The first-order valence-electron chi connectivity index (χ1n) is 5.82. The number of hydrogen-bond acceptors (Lipinski definition) is 9. The lowest BCUT2D eigenvalue weighted by molar-refractivity contribution is -0.291. The van der Waals surface area contributed by atoms with Crippen LogP contribution >= 0.6 is 0 Å². The summed E-state index contributed by atoms with van der Waals surface area (Å²) >= 11 is 0. The predicted octanol–water partition coefficient (Wildman–Crippen LogP) is -3.76. The molecule has 0 spiro atoms. The van der Waals surface area contributed by atoms with Gasteiger partial charge in [-0.2, -0.15) is 0 Å². The number of esters is 1. The molecule has 1 rings (SSSR count). The van der Waals surface area contributed by atoms with Gasteiger partial charge in [0.15, 0.2) is 0 Å². The molecule has 0 aromatic carbocycles. The van der Waals surface area contributed by atoms with Crippen molar-refractivity contribution in [2.75, 3.05) is 13.2 Å². The third-order valence-electron chi connectivity index (χ3n) is 2.91. The Morgan fingerprint density at radius 3 is 2.30 bits per heavy atom. The van der Waals surface area contributed by atoms with E-state index in [-0.39, 0.29) is 0 Å². The number of carbonyl (C=O) groups excluding carboxylic acids is 1. The third-order valence-corrected chi connectivity index (χ3v) is 2.91. The van der Waals surface area contributed by atoms with Crippen molar-refractivity contribution < 1.29 is 44.9 Å². The molecule has 0 bridgehead atoms. The Hall–Kier alpha value is -1.07. The fourth-order valence-corrected chi connectivity index (χ4v) is 1.59. The second-order valence-corrected chi connectivity index (χ2v) is 4.33. The Morgan fingerprint density at radius 2 is 1.80 bits per heavy atom. The normalized spacial score (nSPS) is 35.4. The van der Waals surface area contributed by atoms with Crippen LogP contribution in [0.1, 0.15) is 0 Å². The van der Waals surface area contributed by atoms with Crippen LogP contribution in [-0.2, 0) is 14.3 Å². The molecule has 0 aromatic rings. The van der Waals surface area contributed by atoms with Crippen molar-refractivity contribution in [1.29, 1.82) is 0 Å². The van der Waals surface area contributed by atoms with Crippen LogP contribution in [0.5, 0.6) is 0 Å². The van der Waals surface area contributed by atoms with Gasteiger partial charge < -0.3 is 40.1 Å². The summed E-state index contributed by atoms with van der Waals surface area (Å²) in [5.74, 6) is -1.16. The molecule has 0 saturated carbocycles. The fraction of sp³-hybridized carbons (Fsp3) is 0.727. The largest absolute Gasteiger partial charge is 0.429 e. The first-order valence-corrected chi connectivity index (χ1v) is 5.82. The van der Waals surface area contributed by atoms with Gasteiger partial charge in [-0.05, 0) is 0 Å². The molecule has 9 heteroatoms. The minimum absolute atomic E-state index is 0.468. The van der Waals surface area contributed by atoms with E-state index in [0.29, 0.717) is 0 Å². The Balaban J connectivity index is 2.71. The highest BCUT2D eigenvalue weighted by atomic mass is 16.7. The van der Waals surface area contributed by atoms with E-state index < -0.39 is 61.6 Å². The highest BCUT2D eigenvalue weighted by molar-refractivity contribution is 5.88. The molecule has 1 heterocycles. The average molecular weight is 294 g/mol. The van der Waals surface area contributed by atoms with Crippen molar-refractivity contribution in [3.8, 4) is 0 Å². The number of aliphatic hydroxyl groups is 6. The van der Waals surface area contributed by atoms with Gasteiger partial charge in [0.05, 0.1) is 18.8 Å².